The van der Waals surface area contributed by atoms with Crippen molar-refractivity contribution in [1.29, 1.82) is 0 Å². The minimum absolute atomic E-state index is 0.0171. The highest BCUT2D eigenvalue weighted by Gasteiger charge is 2.56. The Morgan fingerprint density at radius 3 is 2.39 bits per heavy atom. The number of anilines is 1. The van der Waals surface area contributed by atoms with Crippen LogP contribution in [0.2, 0.25) is 5.02 Å². The number of carbonyl (C=O) groups excluding carboxylic acids is 1. The summed E-state index contributed by atoms with van der Waals surface area (Å²) in [6.07, 6.45) is 3.47. The van der Waals surface area contributed by atoms with E-state index in [1.807, 2.05) is 4.90 Å². The Morgan fingerprint density at radius 2 is 1.78 bits per heavy atom. The summed E-state index contributed by atoms with van der Waals surface area (Å²) in [5.74, 6) is 1.23. The van der Waals surface area contributed by atoms with Gasteiger partial charge in [0, 0.05) is 55.8 Å². The second-order valence-electron chi connectivity index (χ2n) is 13.0. The zero-order valence-corrected chi connectivity index (χ0v) is 26.6. The predicted octanol–water partition coefficient (Wildman–Crippen LogP) is 1.07. The van der Waals surface area contributed by atoms with Crippen LogP contribution in [0.1, 0.15) is 50.1 Å². The van der Waals surface area contributed by atoms with Crippen molar-refractivity contribution in [1.82, 2.24) is 20.2 Å². The number of hydrogen-bond acceptors (Lipinski definition) is 12. The molecule has 2 saturated heterocycles. The molecule has 0 amide bonds. The third kappa shape index (κ3) is 7.96. The number of aromatic nitrogens is 2. The molecule has 0 bridgehead atoms. The van der Waals surface area contributed by atoms with Gasteiger partial charge < -0.3 is 45.3 Å². The highest BCUT2D eigenvalue weighted by atomic mass is 35.5. The number of aliphatic hydroxyl groups is 5. The van der Waals surface area contributed by atoms with Crippen LogP contribution in [0.25, 0.3) is 0 Å². The van der Waals surface area contributed by atoms with E-state index in [1.165, 1.54) is 6.07 Å². The lowest BCUT2D eigenvalue weighted by molar-refractivity contribution is -0.136. The number of halogens is 2. The van der Waals surface area contributed by atoms with Gasteiger partial charge in [0.1, 0.15) is 36.2 Å². The Balaban J connectivity index is 1.03. The lowest BCUT2D eigenvalue weighted by Crippen LogP contribution is -2.71. The fourth-order valence-electron chi connectivity index (χ4n) is 6.95. The Kier molecular flexibility index (Phi) is 11.8. The second kappa shape index (κ2) is 15.6. The van der Waals surface area contributed by atoms with Crippen molar-refractivity contribution in [2.75, 3.05) is 50.8 Å². The van der Waals surface area contributed by atoms with Gasteiger partial charge in [-0.2, -0.15) is 0 Å². The molecule has 3 fully saturated rings. The molecule has 6 atom stereocenters. The first-order valence-corrected chi connectivity index (χ1v) is 16.4. The summed E-state index contributed by atoms with van der Waals surface area (Å²) in [6, 6.07) is 3.95. The van der Waals surface area contributed by atoms with Gasteiger partial charge in [-0.05, 0) is 50.5 Å². The van der Waals surface area contributed by atoms with Crippen molar-refractivity contribution in [3.05, 3.63) is 47.0 Å². The molecule has 5 rings (SSSR count). The highest BCUT2D eigenvalue weighted by molar-refractivity contribution is 6.30. The molecule has 14 heteroatoms. The van der Waals surface area contributed by atoms with Crippen molar-refractivity contribution in [2.24, 2.45) is 11.3 Å². The monoisotopic (exact) mass is 665 g/mol. The molecule has 6 N–H and O–H groups in total. The zero-order chi connectivity index (χ0) is 32.8. The number of nitrogens with zero attached hydrogens (tertiary/aromatic N) is 4. The molecule has 2 aromatic rings. The summed E-state index contributed by atoms with van der Waals surface area (Å²) in [5.41, 5.74) is 0.169. The number of nitrogens with one attached hydrogen (secondary N) is 1. The van der Waals surface area contributed by atoms with Crippen LogP contribution in [0, 0.1) is 17.2 Å². The summed E-state index contributed by atoms with van der Waals surface area (Å²) in [7, 11) is 0. The van der Waals surface area contributed by atoms with Crippen molar-refractivity contribution >= 4 is 23.8 Å². The van der Waals surface area contributed by atoms with E-state index >= 15 is 4.39 Å². The molecule has 12 nitrogen and oxygen atoms in total. The number of rotatable bonds is 16. The second-order valence-corrected chi connectivity index (χ2v) is 13.4. The maximum atomic E-state index is 15.2. The normalized spacial score (nSPS) is 23.2. The average molecular weight is 666 g/mol. The predicted molar refractivity (Wildman–Crippen MR) is 168 cm³/mol. The van der Waals surface area contributed by atoms with Crippen LogP contribution < -0.4 is 15.0 Å². The number of aldehydes is 1. The summed E-state index contributed by atoms with van der Waals surface area (Å²) >= 11 is 5.89. The lowest BCUT2D eigenvalue weighted by Gasteiger charge is -2.62. The molecule has 1 spiro atoms. The number of likely N-dealkylation sites (tertiary alicyclic amines) is 1. The van der Waals surface area contributed by atoms with Crippen LogP contribution in [0.3, 0.4) is 0 Å². The van der Waals surface area contributed by atoms with Crippen LogP contribution in [0.15, 0.2) is 30.6 Å². The van der Waals surface area contributed by atoms with E-state index < -0.39 is 42.9 Å². The van der Waals surface area contributed by atoms with Gasteiger partial charge in [0.25, 0.3) is 0 Å². The molecular weight excluding hydrogens is 621 g/mol. The number of hydrogen-bond donors (Lipinski definition) is 6. The fourth-order valence-corrected chi connectivity index (χ4v) is 7.04. The average Bonchev–Trinajstić information content (AvgIpc) is 3.04. The van der Waals surface area contributed by atoms with Gasteiger partial charge in [-0.1, -0.05) is 17.7 Å². The topological polar surface area (TPSA) is 172 Å². The third-order valence-electron chi connectivity index (χ3n) is 9.95. The Bertz CT molecular complexity index is 1280. The Labute approximate surface area is 273 Å². The van der Waals surface area contributed by atoms with E-state index in [1.54, 1.807) is 24.5 Å². The number of carbonyl (C=O) groups is 1. The molecule has 254 valence electrons. The quantitative estimate of drug-likeness (QED) is 0.112. The van der Waals surface area contributed by atoms with Crippen LogP contribution >= 0.6 is 11.6 Å². The van der Waals surface area contributed by atoms with E-state index in [4.69, 9.17) is 21.4 Å². The minimum Gasteiger partial charge on any atom is -0.493 e. The van der Waals surface area contributed by atoms with Crippen molar-refractivity contribution in [3.8, 4) is 5.75 Å². The van der Waals surface area contributed by atoms with Crippen LogP contribution in [0.5, 0.6) is 5.75 Å². The maximum Gasteiger partial charge on any atom is 0.225 e. The first kappa shape index (κ1) is 34.8. The highest BCUT2D eigenvalue weighted by Crippen LogP contribution is 2.50. The van der Waals surface area contributed by atoms with Crippen LogP contribution in [-0.2, 0) is 4.79 Å². The Morgan fingerprint density at radius 1 is 1.09 bits per heavy atom. The van der Waals surface area contributed by atoms with Gasteiger partial charge in [-0.25, -0.2) is 14.4 Å². The molecule has 46 heavy (non-hydrogen) atoms. The van der Waals surface area contributed by atoms with E-state index in [0.29, 0.717) is 47.9 Å². The molecule has 1 aliphatic carbocycles. The van der Waals surface area contributed by atoms with Gasteiger partial charge in [-0.3, -0.25) is 4.90 Å². The summed E-state index contributed by atoms with van der Waals surface area (Å²) in [4.78, 5) is 24.8. The fraction of sp³-hybridized carbons (Fsp3) is 0.656. The van der Waals surface area contributed by atoms with E-state index in [2.05, 4.69) is 20.2 Å². The molecule has 2 unspecified atom stereocenters. The molecular formula is C32H45ClFN5O7. The Hall–Kier alpha value is -2.49. The molecule has 1 aromatic carbocycles. The molecule has 2 aliphatic heterocycles. The van der Waals surface area contributed by atoms with Gasteiger partial charge in [-0.15, -0.1) is 0 Å². The van der Waals surface area contributed by atoms with Crippen molar-refractivity contribution in [2.45, 2.75) is 75.0 Å². The molecule has 1 saturated carbocycles. The standard InChI is InChI=1S/C32H45ClFN5O7/c33-21-13-36-31(37-14-21)38-9-6-20(7-10-38)2-1-11-46-22-3-4-23(24(34)12-22)25(16-40)39-18-32(19-39)8-5-28(32)35-15-26(42)29(44)30(45)27(43)17-41/h3-4,12-14,16,20,25-30,35,41-45H,1-2,5-11,15,17-19H2/t25?,26-,27+,28?,29+,30+/m0/s1. The number of ether oxygens (including phenoxy) is 1. The molecule has 1 aromatic heterocycles. The van der Waals surface area contributed by atoms with Crippen molar-refractivity contribution in [3.63, 3.8) is 0 Å². The largest absolute Gasteiger partial charge is 0.493 e. The van der Waals surface area contributed by atoms with Crippen LogP contribution in [0.4, 0.5) is 10.3 Å². The summed E-state index contributed by atoms with van der Waals surface area (Å²) in [6.45, 7) is 2.65. The van der Waals surface area contributed by atoms with Gasteiger partial charge in [0.2, 0.25) is 5.95 Å². The van der Waals surface area contributed by atoms with E-state index in [-0.39, 0.29) is 18.0 Å². The van der Waals surface area contributed by atoms with Crippen LogP contribution in [-0.4, -0.2) is 123 Å². The third-order valence-corrected chi connectivity index (χ3v) is 10.1. The van der Waals surface area contributed by atoms with E-state index in [9.17, 15) is 25.2 Å². The number of benzene rings is 1. The SMILES string of the molecule is O=CC(c1ccc(OCCCC2CCN(c3ncc(Cl)cn3)CC2)cc1F)N1CC2(CCC2NC[C@H](O)[C@@H](O)[C@H](O)[C@H](O)CO)C1. The first-order valence-electron chi connectivity index (χ1n) is 16.0. The molecule has 3 aliphatic rings. The number of aliphatic hydroxyl groups excluding tert-OH is 5. The van der Waals surface area contributed by atoms with Crippen molar-refractivity contribution < 1.29 is 39.5 Å². The molecule has 3 heterocycles. The molecule has 0 radical (unpaired) electrons. The zero-order valence-electron chi connectivity index (χ0n) is 25.8. The van der Waals surface area contributed by atoms with E-state index in [0.717, 1.165) is 57.9 Å². The summed E-state index contributed by atoms with van der Waals surface area (Å²) in [5, 5.41) is 52.3. The minimum atomic E-state index is -1.68. The van der Waals surface area contributed by atoms with Gasteiger partial charge in [0.15, 0.2) is 0 Å². The first-order chi connectivity index (χ1) is 22.1. The van der Waals surface area contributed by atoms with Gasteiger partial charge in [0.05, 0.1) is 42.8 Å². The smallest absolute Gasteiger partial charge is 0.225 e. The summed E-state index contributed by atoms with van der Waals surface area (Å²) < 4.78 is 21.0. The van der Waals surface area contributed by atoms with Gasteiger partial charge >= 0.3 is 0 Å². The number of piperidine rings is 1. The lowest BCUT2D eigenvalue weighted by atomic mass is 9.59. The maximum absolute atomic E-state index is 15.2.